The van der Waals surface area contributed by atoms with Gasteiger partial charge in [0, 0.05) is 12.5 Å². The molecule has 3 atom stereocenters. The van der Waals surface area contributed by atoms with Gasteiger partial charge in [0.1, 0.15) is 0 Å². The SMILES string of the molecule is CC1CCC(NC(=O)CCCCCN)C(C)C1. The van der Waals surface area contributed by atoms with Crippen LogP contribution in [-0.2, 0) is 4.79 Å². The molecular formula is C14H28N2O. The molecule has 1 rings (SSSR count). The second kappa shape index (κ2) is 7.70. The first-order chi connectivity index (χ1) is 8.13. The van der Waals surface area contributed by atoms with Crippen molar-refractivity contribution >= 4 is 5.91 Å². The molecule has 1 aliphatic carbocycles. The lowest BCUT2D eigenvalue weighted by molar-refractivity contribution is -0.122. The summed E-state index contributed by atoms with van der Waals surface area (Å²) in [6, 6.07) is 0.410. The van der Waals surface area contributed by atoms with Crippen molar-refractivity contribution in [2.45, 2.75) is 64.8 Å². The standard InChI is InChI=1S/C14H28N2O/c1-11-7-8-13(12(2)10-11)16-14(17)6-4-3-5-9-15/h11-13H,3-10,15H2,1-2H3,(H,16,17). The molecule has 1 fully saturated rings. The van der Waals surface area contributed by atoms with E-state index >= 15 is 0 Å². The molecule has 17 heavy (non-hydrogen) atoms. The Morgan fingerprint density at radius 3 is 2.65 bits per heavy atom. The minimum Gasteiger partial charge on any atom is -0.353 e. The van der Waals surface area contributed by atoms with Gasteiger partial charge in [-0.25, -0.2) is 0 Å². The lowest BCUT2D eigenvalue weighted by Gasteiger charge is -2.33. The summed E-state index contributed by atoms with van der Waals surface area (Å²) in [5.74, 6) is 1.68. The van der Waals surface area contributed by atoms with Gasteiger partial charge in [-0.2, -0.15) is 0 Å². The monoisotopic (exact) mass is 240 g/mol. The van der Waals surface area contributed by atoms with Crippen LogP contribution in [0, 0.1) is 11.8 Å². The molecule has 1 amide bonds. The van der Waals surface area contributed by atoms with E-state index in [1.54, 1.807) is 0 Å². The summed E-state index contributed by atoms with van der Waals surface area (Å²) < 4.78 is 0. The Balaban J connectivity index is 2.17. The van der Waals surface area contributed by atoms with Gasteiger partial charge in [0.05, 0.1) is 0 Å². The Kier molecular flexibility index (Phi) is 6.56. The van der Waals surface area contributed by atoms with Crippen LogP contribution in [0.2, 0.25) is 0 Å². The summed E-state index contributed by atoms with van der Waals surface area (Å²) in [4.78, 5) is 11.8. The Labute approximate surface area is 106 Å². The highest BCUT2D eigenvalue weighted by atomic mass is 16.1. The summed E-state index contributed by atoms with van der Waals surface area (Å²) in [6.07, 6.45) is 7.39. The van der Waals surface area contributed by atoms with Crippen LogP contribution in [0.5, 0.6) is 0 Å². The molecule has 0 radical (unpaired) electrons. The predicted molar refractivity (Wildman–Crippen MR) is 71.6 cm³/mol. The number of carbonyl (C=O) groups excluding carboxylic acids is 1. The van der Waals surface area contributed by atoms with Gasteiger partial charge in [-0.05, 0) is 50.5 Å². The normalized spacial score (nSPS) is 29.0. The number of hydrogen-bond acceptors (Lipinski definition) is 2. The van der Waals surface area contributed by atoms with Crippen molar-refractivity contribution in [2.24, 2.45) is 17.6 Å². The quantitative estimate of drug-likeness (QED) is 0.701. The van der Waals surface area contributed by atoms with Crippen molar-refractivity contribution in [1.29, 1.82) is 0 Å². The average molecular weight is 240 g/mol. The van der Waals surface area contributed by atoms with Crippen LogP contribution < -0.4 is 11.1 Å². The molecule has 3 heteroatoms. The predicted octanol–water partition coefficient (Wildman–Crippen LogP) is 2.45. The number of carbonyl (C=O) groups is 1. The van der Waals surface area contributed by atoms with Gasteiger partial charge in [0.15, 0.2) is 0 Å². The van der Waals surface area contributed by atoms with Crippen LogP contribution in [0.3, 0.4) is 0 Å². The molecule has 3 unspecified atom stereocenters. The molecule has 100 valence electrons. The van der Waals surface area contributed by atoms with Gasteiger partial charge >= 0.3 is 0 Å². The number of hydrogen-bond donors (Lipinski definition) is 2. The van der Waals surface area contributed by atoms with E-state index in [-0.39, 0.29) is 5.91 Å². The number of nitrogens with two attached hydrogens (primary N) is 1. The lowest BCUT2D eigenvalue weighted by Crippen LogP contribution is -2.42. The molecule has 1 saturated carbocycles. The smallest absolute Gasteiger partial charge is 0.220 e. The van der Waals surface area contributed by atoms with Crippen molar-refractivity contribution in [3.05, 3.63) is 0 Å². The molecule has 0 bridgehead atoms. The maximum absolute atomic E-state index is 11.8. The van der Waals surface area contributed by atoms with Crippen molar-refractivity contribution in [1.82, 2.24) is 5.32 Å². The van der Waals surface area contributed by atoms with Crippen LogP contribution in [0.4, 0.5) is 0 Å². The topological polar surface area (TPSA) is 55.1 Å². The summed E-state index contributed by atoms with van der Waals surface area (Å²) in [5.41, 5.74) is 5.43. The molecule has 1 aliphatic rings. The third-order valence-electron chi connectivity index (χ3n) is 3.89. The maximum Gasteiger partial charge on any atom is 0.220 e. The van der Waals surface area contributed by atoms with Crippen LogP contribution in [0.1, 0.15) is 58.8 Å². The van der Waals surface area contributed by atoms with Gasteiger partial charge in [0.2, 0.25) is 5.91 Å². The third kappa shape index (κ3) is 5.53. The van der Waals surface area contributed by atoms with Gasteiger partial charge in [-0.3, -0.25) is 4.79 Å². The summed E-state index contributed by atoms with van der Waals surface area (Å²) >= 11 is 0. The van der Waals surface area contributed by atoms with Crippen molar-refractivity contribution in [3.63, 3.8) is 0 Å². The molecule has 0 aromatic carbocycles. The first-order valence-corrected chi connectivity index (χ1v) is 7.13. The van der Waals surface area contributed by atoms with Crippen LogP contribution in [0.25, 0.3) is 0 Å². The average Bonchev–Trinajstić information content (AvgIpc) is 2.28. The molecule has 0 saturated heterocycles. The molecule has 3 N–H and O–H groups in total. The number of unbranched alkanes of at least 4 members (excludes halogenated alkanes) is 2. The zero-order chi connectivity index (χ0) is 12.7. The minimum atomic E-state index is 0.230. The van der Waals surface area contributed by atoms with Crippen molar-refractivity contribution < 1.29 is 4.79 Å². The number of rotatable bonds is 6. The molecule has 0 spiro atoms. The maximum atomic E-state index is 11.8. The molecular weight excluding hydrogens is 212 g/mol. The van der Waals surface area contributed by atoms with E-state index in [2.05, 4.69) is 19.2 Å². The van der Waals surface area contributed by atoms with Crippen LogP contribution in [0.15, 0.2) is 0 Å². The summed E-state index contributed by atoms with van der Waals surface area (Å²) in [5, 5.41) is 3.20. The highest BCUT2D eigenvalue weighted by Crippen LogP contribution is 2.28. The highest BCUT2D eigenvalue weighted by molar-refractivity contribution is 5.76. The summed E-state index contributed by atoms with van der Waals surface area (Å²) in [6.45, 7) is 5.30. The second-order valence-corrected chi connectivity index (χ2v) is 5.67. The molecule has 0 aromatic heterocycles. The van der Waals surface area contributed by atoms with Crippen LogP contribution >= 0.6 is 0 Å². The highest BCUT2D eigenvalue weighted by Gasteiger charge is 2.26. The van der Waals surface area contributed by atoms with E-state index < -0.39 is 0 Å². The Bertz CT molecular complexity index is 230. The molecule has 0 heterocycles. The first-order valence-electron chi connectivity index (χ1n) is 7.13. The van der Waals surface area contributed by atoms with E-state index in [4.69, 9.17) is 5.73 Å². The van der Waals surface area contributed by atoms with E-state index in [1.165, 1.54) is 12.8 Å². The van der Waals surface area contributed by atoms with Gasteiger partial charge in [0.25, 0.3) is 0 Å². The van der Waals surface area contributed by atoms with Crippen LogP contribution in [-0.4, -0.2) is 18.5 Å². The summed E-state index contributed by atoms with van der Waals surface area (Å²) in [7, 11) is 0. The van der Waals surface area contributed by atoms with Crippen molar-refractivity contribution in [2.75, 3.05) is 6.54 Å². The van der Waals surface area contributed by atoms with Gasteiger partial charge in [-0.1, -0.05) is 20.3 Å². The molecule has 3 nitrogen and oxygen atoms in total. The van der Waals surface area contributed by atoms with E-state index in [0.717, 1.165) is 38.1 Å². The number of nitrogens with one attached hydrogen (secondary N) is 1. The third-order valence-corrected chi connectivity index (χ3v) is 3.89. The van der Waals surface area contributed by atoms with E-state index in [1.807, 2.05) is 0 Å². The Hall–Kier alpha value is -0.570. The molecule has 0 aromatic rings. The zero-order valence-electron chi connectivity index (χ0n) is 11.4. The fourth-order valence-electron chi connectivity index (χ4n) is 2.77. The minimum absolute atomic E-state index is 0.230. The second-order valence-electron chi connectivity index (χ2n) is 5.67. The zero-order valence-corrected chi connectivity index (χ0v) is 11.4. The number of amides is 1. The Morgan fingerprint density at radius 2 is 2.00 bits per heavy atom. The fourth-order valence-corrected chi connectivity index (χ4v) is 2.77. The molecule has 0 aliphatic heterocycles. The first kappa shape index (κ1) is 14.5. The Morgan fingerprint density at radius 1 is 1.24 bits per heavy atom. The van der Waals surface area contributed by atoms with E-state index in [9.17, 15) is 4.79 Å². The van der Waals surface area contributed by atoms with Gasteiger partial charge in [-0.15, -0.1) is 0 Å². The van der Waals surface area contributed by atoms with Crippen molar-refractivity contribution in [3.8, 4) is 0 Å². The lowest BCUT2D eigenvalue weighted by atomic mass is 9.80. The van der Waals surface area contributed by atoms with E-state index in [0.29, 0.717) is 18.4 Å². The van der Waals surface area contributed by atoms with Gasteiger partial charge < -0.3 is 11.1 Å². The fraction of sp³-hybridized carbons (Fsp3) is 0.929. The largest absolute Gasteiger partial charge is 0.353 e.